The molecule has 0 fully saturated rings. The summed E-state index contributed by atoms with van der Waals surface area (Å²) in [7, 11) is 0. The molecule has 0 radical (unpaired) electrons. The number of pyridine rings is 1. The third-order valence-electron chi connectivity index (χ3n) is 12.2. The molecule has 13 rings (SSSR count). The molecule has 3 aromatic heterocycles. The Hall–Kier alpha value is -6.72. The van der Waals surface area contributed by atoms with Crippen molar-refractivity contribution < 1.29 is 9.25 Å². The number of hydrogen-bond donors (Lipinski definition) is 0. The molecule has 242 valence electrons. The van der Waals surface area contributed by atoms with Crippen LogP contribution in [0.5, 0.6) is 0 Å². The standard InChI is InChI=1S/C47H31N5/c1-2-10-30(11-3-1)31-17-19-32(20-18-31)35-28-49-40-26-24-37-36-13-5-7-15-39(36)51-41-25-23-34-22-21-33-12-4-6-14-38(33)52-42-16-8-9-27-48(42)47(50(49)29-35,43(40)46(37)51)44(41)45(34)52/h1-20,23-29H,21-22H2/q+2. The Morgan fingerprint density at radius 3 is 2.15 bits per heavy atom. The number of para-hydroxylation sites is 2. The molecule has 4 aliphatic heterocycles. The van der Waals surface area contributed by atoms with E-state index in [9.17, 15) is 0 Å². The van der Waals surface area contributed by atoms with Crippen molar-refractivity contribution in [2.24, 2.45) is 0 Å². The van der Waals surface area contributed by atoms with Crippen molar-refractivity contribution in [2.75, 3.05) is 4.90 Å². The Bertz CT molecular complexity index is 3020. The van der Waals surface area contributed by atoms with E-state index >= 15 is 0 Å². The van der Waals surface area contributed by atoms with Gasteiger partial charge in [0.25, 0.3) is 5.82 Å². The summed E-state index contributed by atoms with van der Waals surface area (Å²) in [6.07, 6.45) is 9.05. The maximum Gasteiger partial charge on any atom is 0.394 e. The first-order valence-corrected chi connectivity index (χ1v) is 18.2. The lowest BCUT2D eigenvalue weighted by molar-refractivity contribution is -0.991. The molecule has 0 bridgehead atoms. The summed E-state index contributed by atoms with van der Waals surface area (Å²) in [5, 5.41) is 2.58. The number of fused-ring (bicyclic) bond motifs is 10. The van der Waals surface area contributed by atoms with E-state index in [-0.39, 0.29) is 0 Å². The lowest BCUT2D eigenvalue weighted by Gasteiger charge is -2.38. The summed E-state index contributed by atoms with van der Waals surface area (Å²) >= 11 is 0. The highest BCUT2D eigenvalue weighted by molar-refractivity contribution is 6.13. The molecule has 4 aliphatic rings. The number of nitrogens with zero attached hydrogens (tertiary/aromatic N) is 5. The van der Waals surface area contributed by atoms with Gasteiger partial charge in [-0.05, 0) is 71.5 Å². The van der Waals surface area contributed by atoms with Crippen LogP contribution in [0.25, 0.3) is 55.4 Å². The van der Waals surface area contributed by atoms with Crippen molar-refractivity contribution in [1.29, 1.82) is 0 Å². The zero-order valence-electron chi connectivity index (χ0n) is 28.2. The highest BCUT2D eigenvalue weighted by Gasteiger charge is 2.69. The SMILES string of the molecule is c1ccc(-c2ccc(-c3cn4[n+](c3)C35c6c(ccc7c6N(c6ccccc6CC7)c6cccc[n+]63)-n3c6ccccc6c6ccc-4c5c63)cc2)cc1. The Balaban J connectivity index is 1.18. The predicted molar refractivity (Wildman–Crippen MR) is 205 cm³/mol. The second-order valence-corrected chi connectivity index (χ2v) is 14.6. The Kier molecular flexibility index (Phi) is 4.86. The smallest absolute Gasteiger partial charge is 0.307 e. The molecule has 1 atom stereocenters. The second-order valence-electron chi connectivity index (χ2n) is 14.6. The molecule has 5 nitrogen and oxygen atoms in total. The van der Waals surface area contributed by atoms with Crippen LogP contribution < -0.4 is 14.1 Å². The van der Waals surface area contributed by atoms with Crippen molar-refractivity contribution >= 4 is 39.0 Å². The Labute approximate surface area is 300 Å². The van der Waals surface area contributed by atoms with E-state index in [1.165, 1.54) is 94.9 Å². The summed E-state index contributed by atoms with van der Waals surface area (Å²) in [5.41, 5.74) is 17.2. The number of aryl methyl sites for hydroxylation is 2. The molecule has 0 saturated carbocycles. The highest BCUT2D eigenvalue weighted by Crippen LogP contribution is 2.58. The van der Waals surface area contributed by atoms with Gasteiger partial charge in [-0.3, -0.25) is 0 Å². The number of hydrogen-bond acceptors (Lipinski definition) is 1. The lowest BCUT2D eigenvalue weighted by atomic mass is 9.80. The van der Waals surface area contributed by atoms with E-state index in [0.29, 0.717) is 0 Å². The number of benzene rings is 6. The first kappa shape index (κ1) is 27.1. The molecule has 7 heterocycles. The molecule has 0 amide bonds. The van der Waals surface area contributed by atoms with Gasteiger partial charge in [0.1, 0.15) is 22.5 Å². The van der Waals surface area contributed by atoms with E-state index in [2.05, 4.69) is 188 Å². The summed E-state index contributed by atoms with van der Waals surface area (Å²) in [5.74, 6) is 1.17. The van der Waals surface area contributed by atoms with Gasteiger partial charge in [0.05, 0.1) is 34.7 Å². The van der Waals surface area contributed by atoms with Crippen molar-refractivity contribution in [3.63, 3.8) is 0 Å². The van der Waals surface area contributed by atoms with Crippen LogP contribution in [0.4, 0.5) is 17.2 Å². The molecular formula is C47H31N5+2. The molecule has 1 unspecified atom stereocenters. The van der Waals surface area contributed by atoms with Gasteiger partial charge in [-0.15, -0.1) is 4.68 Å². The van der Waals surface area contributed by atoms with Gasteiger partial charge in [-0.2, -0.15) is 9.47 Å². The van der Waals surface area contributed by atoms with Crippen molar-refractivity contribution in [3.8, 4) is 33.6 Å². The number of anilines is 3. The second kappa shape index (κ2) is 9.33. The van der Waals surface area contributed by atoms with Crippen LogP contribution in [-0.2, 0) is 18.5 Å². The minimum atomic E-state index is -0.658. The van der Waals surface area contributed by atoms with Gasteiger partial charge < -0.3 is 4.57 Å². The minimum Gasteiger partial charge on any atom is -0.307 e. The van der Waals surface area contributed by atoms with E-state index in [0.717, 1.165) is 12.8 Å². The Morgan fingerprint density at radius 1 is 0.519 bits per heavy atom. The monoisotopic (exact) mass is 665 g/mol. The predicted octanol–water partition coefficient (Wildman–Crippen LogP) is 9.29. The number of rotatable bonds is 2. The average molecular weight is 666 g/mol. The van der Waals surface area contributed by atoms with Crippen LogP contribution in [0.15, 0.2) is 164 Å². The van der Waals surface area contributed by atoms with Gasteiger partial charge in [-0.25, -0.2) is 0 Å². The van der Waals surface area contributed by atoms with Gasteiger partial charge in [0, 0.05) is 22.4 Å². The van der Waals surface area contributed by atoms with Crippen molar-refractivity contribution in [2.45, 2.75) is 18.5 Å². The van der Waals surface area contributed by atoms with Crippen LogP contribution >= 0.6 is 0 Å². The fourth-order valence-electron chi connectivity index (χ4n) is 10.1. The molecule has 5 heteroatoms. The van der Waals surface area contributed by atoms with Gasteiger partial charge in [0.15, 0.2) is 5.69 Å². The maximum atomic E-state index is 2.57. The summed E-state index contributed by atoms with van der Waals surface area (Å²) in [4.78, 5) is 2.56. The van der Waals surface area contributed by atoms with E-state index in [1.807, 2.05) is 0 Å². The quantitative estimate of drug-likeness (QED) is 0.169. The molecule has 0 N–H and O–H groups in total. The van der Waals surface area contributed by atoms with Crippen molar-refractivity contribution in [1.82, 2.24) is 9.25 Å². The van der Waals surface area contributed by atoms with Crippen LogP contribution in [0, 0.1) is 0 Å². The first-order chi connectivity index (χ1) is 25.8. The topological polar surface area (TPSA) is 20.9 Å². The molecule has 0 aliphatic carbocycles. The van der Waals surface area contributed by atoms with E-state index in [1.54, 1.807) is 0 Å². The Morgan fingerprint density at radius 2 is 1.25 bits per heavy atom. The molecular weight excluding hydrogens is 635 g/mol. The number of aromatic nitrogens is 4. The maximum absolute atomic E-state index is 2.57. The highest BCUT2D eigenvalue weighted by atomic mass is 15.5. The summed E-state index contributed by atoms with van der Waals surface area (Å²) in [6, 6.07) is 53.9. The molecule has 52 heavy (non-hydrogen) atoms. The zero-order chi connectivity index (χ0) is 33.7. The molecule has 0 saturated heterocycles. The van der Waals surface area contributed by atoms with Crippen LogP contribution in [-0.4, -0.2) is 9.25 Å². The fraction of sp³-hybridized carbons (Fsp3) is 0.0638. The average Bonchev–Trinajstić information content (AvgIpc) is 3.83. The molecule has 1 spiro atoms. The largest absolute Gasteiger partial charge is 0.394 e. The van der Waals surface area contributed by atoms with Crippen LogP contribution in [0.1, 0.15) is 22.3 Å². The van der Waals surface area contributed by atoms with Gasteiger partial charge >= 0.3 is 5.66 Å². The first-order valence-electron chi connectivity index (χ1n) is 18.2. The van der Waals surface area contributed by atoms with E-state index < -0.39 is 5.66 Å². The minimum absolute atomic E-state index is 0.658. The van der Waals surface area contributed by atoms with Crippen LogP contribution in [0.3, 0.4) is 0 Å². The fourth-order valence-corrected chi connectivity index (χ4v) is 10.1. The van der Waals surface area contributed by atoms with Gasteiger partial charge in [-0.1, -0.05) is 108 Å². The lowest BCUT2D eigenvalue weighted by Crippen LogP contribution is -2.77. The van der Waals surface area contributed by atoms with Crippen molar-refractivity contribution in [3.05, 3.63) is 186 Å². The normalized spacial score (nSPS) is 16.7. The zero-order valence-corrected chi connectivity index (χ0v) is 28.2. The van der Waals surface area contributed by atoms with Gasteiger partial charge in [0.2, 0.25) is 6.20 Å². The van der Waals surface area contributed by atoms with Crippen LogP contribution in [0.2, 0.25) is 0 Å². The van der Waals surface area contributed by atoms with E-state index in [4.69, 9.17) is 0 Å². The molecule has 6 aromatic carbocycles. The summed E-state index contributed by atoms with van der Waals surface area (Å²) < 4.78 is 10.1. The third kappa shape index (κ3) is 3.05. The third-order valence-corrected chi connectivity index (χ3v) is 12.2. The molecule has 9 aromatic rings. The summed E-state index contributed by atoms with van der Waals surface area (Å²) in [6.45, 7) is 0.